The largest absolute Gasteiger partial charge is 0.352 e. The van der Waals surface area contributed by atoms with Crippen molar-refractivity contribution in [1.82, 2.24) is 9.97 Å². The van der Waals surface area contributed by atoms with Crippen LogP contribution >= 0.6 is 15.9 Å². The normalized spacial score (nSPS) is 23.3. The summed E-state index contributed by atoms with van der Waals surface area (Å²) in [5.74, 6) is 0.115. The third-order valence-electron chi connectivity index (χ3n) is 2.18. The molecular formula is C10H14BrN3O2. The summed E-state index contributed by atoms with van der Waals surface area (Å²) in [7, 11) is 0. The highest BCUT2D eigenvalue weighted by Gasteiger charge is 2.32. The van der Waals surface area contributed by atoms with E-state index in [1.54, 1.807) is 12.4 Å². The van der Waals surface area contributed by atoms with E-state index >= 15 is 0 Å². The van der Waals surface area contributed by atoms with E-state index in [0.717, 1.165) is 4.47 Å². The average molecular weight is 288 g/mol. The van der Waals surface area contributed by atoms with Gasteiger partial charge in [0, 0.05) is 18.9 Å². The molecule has 1 atom stereocenters. The van der Waals surface area contributed by atoms with Gasteiger partial charge >= 0.3 is 0 Å². The van der Waals surface area contributed by atoms with E-state index in [2.05, 4.69) is 31.2 Å². The Kier molecular flexibility index (Phi) is 3.41. The summed E-state index contributed by atoms with van der Waals surface area (Å²) < 4.78 is 12.0. The summed E-state index contributed by atoms with van der Waals surface area (Å²) in [6.07, 6.45) is 3.44. The van der Waals surface area contributed by atoms with Crippen LogP contribution in [0.3, 0.4) is 0 Å². The predicted molar refractivity (Wildman–Crippen MR) is 63.1 cm³/mol. The van der Waals surface area contributed by atoms with Gasteiger partial charge in [-0.1, -0.05) is 0 Å². The molecule has 1 saturated heterocycles. The minimum absolute atomic E-state index is 0.0437. The molecule has 5 nitrogen and oxygen atoms in total. The molecule has 0 aliphatic carbocycles. The molecule has 16 heavy (non-hydrogen) atoms. The van der Waals surface area contributed by atoms with Crippen molar-refractivity contribution in [2.24, 2.45) is 0 Å². The molecule has 1 aliphatic rings. The fraction of sp³-hybridized carbons (Fsp3) is 0.600. The minimum Gasteiger partial charge on any atom is -0.352 e. The zero-order chi connectivity index (χ0) is 11.6. The van der Waals surface area contributed by atoms with Gasteiger partial charge in [0.25, 0.3) is 0 Å². The third kappa shape index (κ3) is 3.13. The highest BCUT2D eigenvalue weighted by atomic mass is 79.9. The second-order valence-corrected chi connectivity index (χ2v) is 4.97. The monoisotopic (exact) mass is 287 g/mol. The van der Waals surface area contributed by atoms with Gasteiger partial charge in [-0.3, -0.25) is 0 Å². The fourth-order valence-corrected chi connectivity index (χ4v) is 1.68. The summed E-state index contributed by atoms with van der Waals surface area (Å²) >= 11 is 3.28. The Morgan fingerprint density at radius 2 is 2.19 bits per heavy atom. The first-order valence-electron chi connectivity index (χ1n) is 5.08. The van der Waals surface area contributed by atoms with Crippen LogP contribution in [0.15, 0.2) is 16.9 Å². The first-order chi connectivity index (χ1) is 7.55. The number of nitrogens with zero attached hydrogens (tertiary/aromatic N) is 2. The third-order valence-corrected chi connectivity index (χ3v) is 2.58. The number of hydrogen-bond donors (Lipinski definition) is 1. The molecule has 0 spiro atoms. The van der Waals surface area contributed by atoms with Gasteiger partial charge in [-0.25, -0.2) is 9.97 Å². The SMILES string of the molecule is CC1(C)OCC(CNc2ncc(Br)cn2)O1. The highest BCUT2D eigenvalue weighted by molar-refractivity contribution is 9.10. The quantitative estimate of drug-likeness (QED) is 0.919. The summed E-state index contributed by atoms with van der Waals surface area (Å²) in [6, 6.07) is 0. The van der Waals surface area contributed by atoms with Crippen molar-refractivity contribution in [3.05, 3.63) is 16.9 Å². The Bertz CT molecular complexity index is 356. The minimum atomic E-state index is -0.479. The van der Waals surface area contributed by atoms with Crippen LogP contribution in [0.1, 0.15) is 13.8 Å². The lowest BCUT2D eigenvalue weighted by Crippen LogP contribution is -2.26. The van der Waals surface area contributed by atoms with Gasteiger partial charge in [-0.05, 0) is 29.8 Å². The van der Waals surface area contributed by atoms with Gasteiger partial charge in [0.05, 0.1) is 11.1 Å². The number of aromatic nitrogens is 2. The number of anilines is 1. The Balaban J connectivity index is 1.82. The molecule has 0 radical (unpaired) electrons. The van der Waals surface area contributed by atoms with Gasteiger partial charge < -0.3 is 14.8 Å². The zero-order valence-corrected chi connectivity index (χ0v) is 10.8. The molecule has 0 bridgehead atoms. The van der Waals surface area contributed by atoms with E-state index in [1.165, 1.54) is 0 Å². The predicted octanol–water partition coefficient (Wildman–Crippen LogP) is 1.80. The lowest BCUT2D eigenvalue weighted by molar-refractivity contribution is -0.136. The first kappa shape index (κ1) is 11.8. The molecule has 6 heteroatoms. The molecule has 0 aromatic carbocycles. The van der Waals surface area contributed by atoms with Crippen molar-refractivity contribution in [2.75, 3.05) is 18.5 Å². The van der Waals surface area contributed by atoms with Crippen LogP contribution in [0.2, 0.25) is 0 Å². The van der Waals surface area contributed by atoms with E-state index in [-0.39, 0.29) is 6.10 Å². The van der Waals surface area contributed by atoms with Crippen molar-refractivity contribution in [3.8, 4) is 0 Å². The van der Waals surface area contributed by atoms with Crippen molar-refractivity contribution in [3.63, 3.8) is 0 Å². The first-order valence-corrected chi connectivity index (χ1v) is 5.88. The maximum atomic E-state index is 5.64. The van der Waals surface area contributed by atoms with Gasteiger partial charge in [0.2, 0.25) is 5.95 Å². The number of rotatable bonds is 3. The van der Waals surface area contributed by atoms with Crippen molar-refractivity contribution < 1.29 is 9.47 Å². The molecule has 1 fully saturated rings. The average Bonchev–Trinajstić information content (AvgIpc) is 2.58. The molecular weight excluding hydrogens is 274 g/mol. The topological polar surface area (TPSA) is 56.3 Å². The van der Waals surface area contributed by atoms with E-state index in [4.69, 9.17) is 9.47 Å². The van der Waals surface area contributed by atoms with Crippen LogP contribution < -0.4 is 5.32 Å². The van der Waals surface area contributed by atoms with Gasteiger partial charge in [0.15, 0.2) is 5.79 Å². The molecule has 2 rings (SSSR count). The number of halogens is 1. The number of hydrogen-bond acceptors (Lipinski definition) is 5. The molecule has 2 heterocycles. The van der Waals surface area contributed by atoms with Gasteiger partial charge in [0.1, 0.15) is 6.10 Å². The van der Waals surface area contributed by atoms with E-state index in [9.17, 15) is 0 Å². The molecule has 1 N–H and O–H groups in total. The Labute approximate surface area is 103 Å². The smallest absolute Gasteiger partial charge is 0.222 e. The van der Waals surface area contributed by atoms with Crippen molar-refractivity contribution in [2.45, 2.75) is 25.7 Å². The number of nitrogens with one attached hydrogen (secondary N) is 1. The van der Waals surface area contributed by atoms with Crippen LogP contribution in [-0.2, 0) is 9.47 Å². The zero-order valence-electron chi connectivity index (χ0n) is 9.24. The van der Waals surface area contributed by atoms with Gasteiger partial charge in [-0.15, -0.1) is 0 Å². The van der Waals surface area contributed by atoms with Crippen LogP contribution in [-0.4, -0.2) is 35.0 Å². The lowest BCUT2D eigenvalue weighted by atomic mass is 10.4. The maximum Gasteiger partial charge on any atom is 0.222 e. The van der Waals surface area contributed by atoms with Gasteiger partial charge in [-0.2, -0.15) is 0 Å². The molecule has 0 amide bonds. The molecule has 88 valence electrons. The Morgan fingerprint density at radius 3 is 2.75 bits per heavy atom. The standard InChI is InChI=1S/C10H14BrN3O2/c1-10(2)15-6-8(16-10)5-14-9-12-3-7(11)4-13-9/h3-4,8H,5-6H2,1-2H3,(H,12,13,14). The molecule has 1 aromatic heterocycles. The molecule has 1 unspecified atom stereocenters. The summed E-state index contributed by atoms with van der Waals surface area (Å²) in [5, 5.41) is 3.10. The van der Waals surface area contributed by atoms with E-state index in [1.807, 2.05) is 13.8 Å². The number of ether oxygens (including phenoxy) is 2. The summed E-state index contributed by atoms with van der Waals surface area (Å²) in [6.45, 7) is 5.05. The van der Waals surface area contributed by atoms with Crippen molar-refractivity contribution in [1.29, 1.82) is 0 Å². The molecule has 1 aliphatic heterocycles. The molecule has 1 aromatic rings. The van der Waals surface area contributed by atoms with Crippen molar-refractivity contribution >= 4 is 21.9 Å². The van der Waals surface area contributed by atoms with Crippen LogP contribution in [0.25, 0.3) is 0 Å². The second-order valence-electron chi connectivity index (χ2n) is 4.06. The maximum absolute atomic E-state index is 5.64. The van der Waals surface area contributed by atoms with Crippen LogP contribution in [0, 0.1) is 0 Å². The summed E-state index contributed by atoms with van der Waals surface area (Å²) in [5.41, 5.74) is 0. The second kappa shape index (κ2) is 4.65. The van der Waals surface area contributed by atoms with E-state index < -0.39 is 5.79 Å². The Hall–Kier alpha value is -0.720. The van der Waals surface area contributed by atoms with Crippen LogP contribution in [0.4, 0.5) is 5.95 Å². The molecule has 0 saturated carbocycles. The van der Waals surface area contributed by atoms with Crippen LogP contribution in [0.5, 0.6) is 0 Å². The Morgan fingerprint density at radius 1 is 1.50 bits per heavy atom. The highest BCUT2D eigenvalue weighted by Crippen LogP contribution is 2.22. The fourth-order valence-electron chi connectivity index (χ4n) is 1.47. The lowest BCUT2D eigenvalue weighted by Gasteiger charge is -2.17. The summed E-state index contributed by atoms with van der Waals surface area (Å²) in [4.78, 5) is 8.22. The van der Waals surface area contributed by atoms with E-state index in [0.29, 0.717) is 19.1 Å².